The minimum Gasteiger partial charge on any atom is -0.310 e. The van der Waals surface area contributed by atoms with Crippen molar-refractivity contribution in [1.29, 1.82) is 0 Å². The third-order valence-electron chi connectivity index (χ3n) is 15.1. The smallest absolute Gasteiger partial charge is 0.0509 e. The van der Waals surface area contributed by atoms with Crippen molar-refractivity contribution >= 4 is 27.8 Å². The molecule has 1 heteroatoms. The standard InChI is InChI=1S/C52H51N/c1-50(2)25-26-51(3,4)49-45(50)16-10-18-47(49)53(41-23-21-36(22-24-41)38-20-19-35-11-5-6-12-37(35)32-38)46-17-9-14-43-42-13-7-8-15-44(42)52(48(43)46)39-28-33-27-34(30-39)31-40(52)29-33/h5-24,32-34,39-40H,25-31H2,1-4H3. The summed E-state index contributed by atoms with van der Waals surface area (Å²) in [5.74, 6) is 3.24. The van der Waals surface area contributed by atoms with Crippen LogP contribution >= 0.6 is 0 Å². The number of anilines is 3. The van der Waals surface area contributed by atoms with Gasteiger partial charge in [0.2, 0.25) is 0 Å². The van der Waals surface area contributed by atoms with Crippen LogP contribution in [0.4, 0.5) is 17.1 Å². The van der Waals surface area contributed by atoms with E-state index in [-0.39, 0.29) is 16.2 Å². The lowest BCUT2D eigenvalue weighted by atomic mass is 9.43. The molecule has 53 heavy (non-hydrogen) atoms. The van der Waals surface area contributed by atoms with Crippen molar-refractivity contribution in [1.82, 2.24) is 0 Å². The number of fused-ring (bicyclic) bond motifs is 5. The Morgan fingerprint density at radius 2 is 1.06 bits per heavy atom. The molecule has 264 valence electrons. The zero-order chi connectivity index (χ0) is 35.7. The van der Waals surface area contributed by atoms with Gasteiger partial charge in [-0.3, -0.25) is 0 Å². The maximum absolute atomic E-state index is 2.73. The van der Waals surface area contributed by atoms with Crippen molar-refractivity contribution < 1.29 is 0 Å². The van der Waals surface area contributed by atoms with Crippen molar-refractivity contribution in [3.05, 3.63) is 150 Å². The van der Waals surface area contributed by atoms with Crippen LogP contribution in [0, 0.1) is 23.7 Å². The van der Waals surface area contributed by atoms with Crippen LogP contribution in [-0.2, 0) is 16.2 Å². The highest BCUT2D eigenvalue weighted by Crippen LogP contribution is 2.71. The molecule has 0 amide bonds. The molecule has 6 aromatic carbocycles. The molecule has 4 fully saturated rings. The van der Waals surface area contributed by atoms with Gasteiger partial charge in [0.25, 0.3) is 0 Å². The zero-order valence-corrected chi connectivity index (χ0v) is 31.8. The van der Waals surface area contributed by atoms with Gasteiger partial charge in [0.05, 0.1) is 11.4 Å². The fourth-order valence-electron chi connectivity index (χ4n) is 12.8. The lowest BCUT2D eigenvalue weighted by Gasteiger charge is -2.61. The Bertz CT molecular complexity index is 2400. The van der Waals surface area contributed by atoms with Crippen LogP contribution < -0.4 is 4.90 Å². The molecule has 0 heterocycles. The van der Waals surface area contributed by atoms with Crippen LogP contribution in [0.5, 0.6) is 0 Å². The molecule has 1 spiro atoms. The summed E-state index contributed by atoms with van der Waals surface area (Å²) in [7, 11) is 0. The van der Waals surface area contributed by atoms with E-state index in [9.17, 15) is 0 Å². The predicted molar refractivity (Wildman–Crippen MR) is 223 cm³/mol. The van der Waals surface area contributed by atoms with E-state index < -0.39 is 0 Å². The molecule has 0 unspecified atom stereocenters. The zero-order valence-electron chi connectivity index (χ0n) is 31.8. The topological polar surface area (TPSA) is 3.24 Å². The van der Waals surface area contributed by atoms with Crippen LogP contribution in [0.15, 0.2) is 127 Å². The van der Waals surface area contributed by atoms with Crippen molar-refractivity contribution in [2.45, 2.75) is 88.9 Å². The maximum Gasteiger partial charge on any atom is 0.0509 e. The second kappa shape index (κ2) is 11.2. The minimum absolute atomic E-state index is 0.0615. The van der Waals surface area contributed by atoms with E-state index >= 15 is 0 Å². The molecule has 0 aliphatic heterocycles. The van der Waals surface area contributed by atoms with E-state index in [0.29, 0.717) is 11.8 Å². The third-order valence-corrected chi connectivity index (χ3v) is 15.1. The van der Waals surface area contributed by atoms with Crippen LogP contribution in [-0.4, -0.2) is 0 Å². The predicted octanol–water partition coefficient (Wildman–Crippen LogP) is 14.0. The molecule has 0 N–H and O–H groups in total. The quantitative estimate of drug-likeness (QED) is 0.178. The first-order valence-corrected chi connectivity index (χ1v) is 20.5. The molecule has 6 aromatic rings. The Balaban J connectivity index is 1.16. The molecule has 0 saturated heterocycles. The first-order chi connectivity index (χ1) is 25.7. The monoisotopic (exact) mass is 689 g/mol. The van der Waals surface area contributed by atoms with Gasteiger partial charge in [0, 0.05) is 11.1 Å². The summed E-state index contributed by atoms with van der Waals surface area (Å²) < 4.78 is 0. The molecule has 4 saturated carbocycles. The summed E-state index contributed by atoms with van der Waals surface area (Å²) in [4.78, 5) is 2.73. The van der Waals surface area contributed by atoms with Crippen LogP contribution in [0.3, 0.4) is 0 Å². The van der Waals surface area contributed by atoms with E-state index in [2.05, 4.69) is 160 Å². The fourth-order valence-corrected chi connectivity index (χ4v) is 12.8. The number of benzene rings is 6. The number of nitrogens with zero attached hydrogens (tertiary/aromatic N) is 1. The Kier molecular flexibility index (Phi) is 6.74. The van der Waals surface area contributed by atoms with E-state index in [0.717, 1.165) is 11.8 Å². The SMILES string of the molecule is CC1(C)CCC(C)(C)c2c(N(c3ccc(-c4ccc5ccccc5c4)cc3)c3cccc4c3C3(c5ccccc5-4)C4CC5CC(C4)CC3C5)cccc21. The first-order valence-electron chi connectivity index (χ1n) is 20.5. The van der Waals surface area contributed by atoms with Gasteiger partial charge in [-0.15, -0.1) is 0 Å². The number of rotatable bonds is 4. The van der Waals surface area contributed by atoms with Gasteiger partial charge >= 0.3 is 0 Å². The van der Waals surface area contributed by atoms with Gasteiger partial charge in [-0.1, -0.05) is 125 Å². The average molecular weight is 690 g/mol. The number of hydrogen-bond donors (Lipinski definition) is 0. The van der Waals surface area contributed by atoms with Gasteiger partial charge < -0.3 is 4.90 Å². The van der Waals surface area contributed by atoms with Gasteiger partial charge in [-0.25, -0.2) is 0 Å². The van der Waals surface area contributed by atoms with Gasteiger partial charge in [-0.05, 0) is 165 Å². The van der Waals surface area contributed by atoms with Gasteiger partial charge in [0.15, 0.2) is 0 Å². The van der Waals surface area contributed by atoms with Crippen molar-refractivity contribution in [3.63, 3.8) is 0 Å². The van der Waals surface area contributed by atoms with E-state index in [1.807, 2.05) is 0 Å². The Morgan fingerprint density at radius 3 is 1.81 bits per heavy atom. The summed E-state index contributed by atoms with van der Waals surface area (Å²) >= 11 is 0. The highest BCUT2D eigenvalue weighted by atomic mass is 15.2. The highest BCUT2D eigenvalue weighted by Gasteiger charge is 2.62. The molecular formula is C52H51N. The van der Waals surface area contributed by atoms with Crippen LogP contribution in [0.1, 0.15) is 94.9 Å². The molecule has 6 aliphatic carbocycles. The largest absolute Gasteiger partial charge is 0.310 e. The molecule has 6 aliphatic rings. The van der Waals surface area contributed by atoms with Crippen LogP contribution in [0.25, 0.3) is 33.0 Å². The molecule has 1 nitrogen and oxygen atoms in total. The van der Waals surface area contributed by atoms with Crippen LogP contribution in [0.2, 0.25) is 0 Å². The first kappa shape index (κ1) is 31.9. The highest BCUT2D eigenvalue weighted by molar-refractivity contribution is 5.93. The molecule has 0 aromatic heterocycles. The summed E-state index contributed by atoms with van der Waals surface area (Å²) in [6, 6.07) is 49.3. The van der Waals surface area contributed by atoms with Crippen molar-refractivity contribution in [3.8, 4) is 22.3 Å². The summed E-state index contributed by atoms with van der Waals surface area (Å²) in [6.45, 7) is 9.92. The third kappa shape index (κ3) is 4.49. The summed E-state index contributed by atoms with van der Waals surface area (Å²) in [5.41, 5.74) is 16.1. The molecular weight excluding hydrogens is 639 g/mol. The maximum atomic E-state index is 2.73. The Morgan fingerprint density at radius 1 is 0.472 bits per heavy atom. The molecule has 12 rings (SSSR count). The van der Waals surface area contributed by atoms with E-state index in [1.54, 1.807) is 11.1 Å². The molecule has 0 atom stereocenters. The minimum atomic E-state index is 0.0615. The second-order valence-corrected chi connectivity index (χ2v) is 18.8. The Labute approximate surface area is 316 Å². The number of hydrogen-bond acceptors (Lipinski definition) is 1. The lowest BCUT2D eigenvalue weighted by molar-refractivity contribution is -0.0397. The van der Waals surface area contributed by atoms with Crippen molar-refractivity contribution in [2.75, 3.05) is 4.90 Å². The fraction of sp³-hybridized carbons (Fsp3) is 0.346. The van der Waals surface area contributed by atoms with Gasteiger partial charge in [-0.2, -0.15) is 0 Å². The summed E-state index contributed by atoms with van der Waals surface area (Å²) in [6.07, 6.45) is 9.41. The van der Waals surface area contributed by atoms with E-state index in [4.69, 9.17) is 0 Å². The lowest BCUT2D eigenvalue weighted by Crippen LogP contribution is -2.55. The normalized spacial score (nSPS) is 26.7. The molecule has 0 radical (unpaired) electrons. The second-order valence-electron chi connectivity index (χ2n) is 18.8. The Hall–Kier alpha value is -4.62. The van der Waals surface area contributed by atoms with Gasteiger partial charge in [0.1, 0.15) is 0 Å². The summed E-state index contributed by atoms with van der Waals surface area (Å²) in [5, 5.41) is 2.58. The van der Waals surface area contributed by atoms with Crippen molar-refractivity contribution in [2.24, 2.45) is 23.7 Å². The van der Waals surface area contributed by atoms with E-state index in [1.165, 1.54) is 106 Å². The average Bonchev–Trinajstić information content (AvgIpc) is 3.47. The molecule has 4 bridgehead atoms.